The lowest BCUT2D eigenvalue weighted by atomic mass is 10.2. The molecule has 0 fully saturated rings. The lowest BCUT2D eigenvalue weighted by Crippen LogP contribution is -1.99. The molecule has 0 heterocycles. The van der Waals surface area contributed by atoms with Crippen LogP contribution in [0.1, 0.15) is 11.1 Å². The molecule has 0 amide bonds. The number of nitrogens with zero attached hydrogens (tertiary/aromatic N) is 1. The number of anilines is 1. The predicted octanol–water partition coefficient (Wildman–Crippen LogP) is 6.03. The van der Waals surface area contributed by atoms with Crippen molar-refractivity contribution in [2.75, 3.05) is 12.5 Å². The van der Waals surface area contributed by atoms with Crippen LogP contribution in [0.3, 0.4) is 0 Å². The maximum atomic E-state index is 6.39. The standard InChI is InChI=1S/C21H18Cl2N2O2/c1-26-20-12-16(13-24-25-18-5-3-2-4-6-18)11-19(23)21(20)27-14-15-7-9-17(22)10-8-15/h2-13,25H,14H2,1H3/b24-13-. The van der Waals surface area contributed by atoms with Gasteiger partial charge in [0.15, 0.2) is 11.5 Å². The van der Waals surface area contributed by atoms with E-state index in [1.807, 2.05) is 60.7 Å². The maximum Gasteiger partial charge on any atom is 0.180 e. The molecule has 1 N–H and O–H groups in total. The van der Waals surface area contributed by atoms with E-state index in [4.69, 9.17) is 32.7 Å². The van der Waals surface area contributed by atoms with Crippen LogP contribution in [0, 0.1) is 0 Å². The van der Waals surface area contributed by atoms with Crippen LogP contribution >= 0.6 is 23.2 Å². The summed E-state index contributed by atoms with van der Waals surface area (Å²) >= 11 is 12.3. The zero-order valence-corrected chi connectivity index (χ0v) is 16.2. The highest BCUT2D eigenvalue weighted by Crippen LogP contribution is 2.36. The molecule has 0 atom stereocenters. The number of methoxy groups -OCH3 is 1. The first kappa shape index (κ1) is 19.1. The number of hydrogen-bond donors (Lipinski definition) is 1. The molecule has 0 aliphatic heterocycles. The highest BCUT2D eigenvalue weighted by Gasteiger charge is 2.12. The van der Waals surface area contributed by atoms with Crippen molar-refractivity contribution < 1.29 is 9.47 Å². The number of rotatable bonds is 7. The van der Waals surface area contributed by atoms with E-state index in [9.17, 15) is 0 Å². The number of hydrogen-bond acceptors (Lipinski definition) is 4. The summed E-state index contributed by atoms with van der Waals surface area (Å²) < 4.78 is 11.3. The average molecular weight is 401 g/mol. The van der Waals surface area contributed by atoms with Crippen LogP contribution < -0.4 is 14.9 Å². The van der Waals surface area contributed by atoms with Crippen molar-refractivity contribution in [3.8, 4) is 11.5 Å². The Hall–Kier alpha value is -2.69. The van der Waals surface area contributed by atoms with Gasteiger partial charge in [0.2, 0.25) is 0 Å². The molecule has 3 rings (SSSR count). The topological polar surface area (TPSA) is 42.8 Å². The van der Waals surface area contributed by atoms with Gasteiger partial charge in [0.05, 0.1) is 24.0 Å². The quantitative estimate of drug-likeness (QED) is 0.389. The smallest absolute Gasteiger partial charge is 0.180 e. The Morgan fingerprint density at radius 3 is 2.44 bits per heavy atom. The van der Waals surface area contributed by atoms with Crippen LogP contribution in [-0.2, 0) is 6.61 Å². The summed E-state index contributed by atoms with van der Waals surface area (Å²) in [4.78, 5) is 0. The molecule has 0 aromatic heterocycles. The van der Waals surface area contributed by atoms with Crippen molar-refractivity contribution in [1.82, 2.24) is 0 Å². The van der Waals surface area contributed by atoms with Crippen molar-refractivity contribution in [3.63, 3.8) is 0 Å². The Kier molecular flexibility index (Phi) is 6.58. The summed E-state index contributed by atoms with van der Waals surface area (Å²) in [6, 6.07) is 20.7. The third kappa shape index (κ3) is 5.39. The number of halogens is 2. The Morgan fingerprint density at radius 1 is 1.00 bits per heavy atom. The van der Waals surface area contributed by atoms with Crippen LogP contribution in [0.15, 0.2) is 71.8 Å². The summed E-state index contributed by atoms with van der Waals surface area (Å²) in [6.45, 7) is 0.357. The minimum atomic E-state index is 0.357. The van der Waals surface area contributed by atoms with Crippen LogP contribution in [0.4, 0.5) is 5.69 Å². The van der Waals surface area contributed by atoms with Gasteiger partial charge in [-0.05, 0) is 47.5 Å². The zero-order valence-electron chi connectivity index (χ0n) is 14.7. The third-order valence-corrected chi connectivity index (χ3v) is 4.26. The third-order valence-electron chi connectivity index (χ3n) is 3.73. The fourth-order valence-corrected chi connectivity index (χ4v) is 2.78. The number of para-hydroxylation sites is 1. The Bertz CT molecular complexity index is 913. The van der Waals surface area contributed by atoms with E-state index >= 15 is 0 Å². The fraction of sp³-hybridized carbons (Fsp3) is 0.0952. The minimum Gasteiger partial charge on any atom is -0.493 e. The van der Waals surface area contributed by atoms with E-state index in [-0.39, 0.29) is 0 Å². The molecule has 6 heteroatoms. The van der Waals surface area contributed by atoms with E-state index in [2.05, 4.69) is 10.5 Å². The van der Waals surface area contributed by atoms with Crippen LogP contribution in [-0.4, -0.2) is 13.3 Å². The van der Waals surface area contributed by atoms with Crippen molar-refractivity contribution in [3.05, 3.63) is 87.9 Å². The molecule has 0 saturated carbocycles. The fourth-order valence-electron chi connectivity index (χ4n) is 2.38. The second-order valence-electron chi connectivity index (χ2n) is 5.69. The average Bonchev–Trinajstić information content (AvgIpc) is 2.69. The van der Waals surface area contributed by atoms with Gasteiger partial charge in [0.25, 0.3) is 0 Å². The summed E-state index contributed by atoms with van der Waals surface area (Å²) in [5, 5.41) is 5.35. The first-order valence-electron chi connectivity index (χ1n) is 8.24. The molecule has 138 valence electrons. The van der Waals surface area contributed by atoms with Gasteiger partial charge in [0, 0.05) is 5.02 Å². The number of hydrazone groups is 1. The Labute approximate surface area is 168 Å². The largest absolute Gasteiger partial charge is 0.493 e. The SMILES string of the molecule is COc1cc(/C=N\Nc2ccccc2)cc(Cl)c1OCc1ccc(Cl)cc1. The van der Waals surface area contributed by atoms with Crippen LogP contribution in [0.2, 0.25) is 10.0 Å². The van der Waals surface area contributed by atoms with Gasteiger partial charge in [-0.2, -0.15) is 5.10 Å². The monoisotopic (exact) mass is 400 g/mol. The van der Waals surface area contributed by atoms with E-state index < -0.39 is 0 Å². The molecule has 27 heavy (non-hydrogen) atoms. The number of nitrogens with one attached hydrogen (secondary N) is 1. The normalized spacial score (nSPS) is 10.8. The van der Waals surface area contributed by atoms with Gasteiger partial charge < -0.3 is 9.47 Å². The predicted molar refractivity (Wildman–Crippen MR) is 111 cm³/mol. The molecule has 0 saturated heterocycles. The van der Waals surface area contributed by atoms with Gasteiger partial charge in [-0.25, -0.2) is 0 Å². The summed E-state index contributed by atoms with van der Waals surface area (Å²) in [7, 11) is 1.57. The molecule has 0 spiro atoms. The molecule has 0 bridgehead atoms. The van der Waals surface area contributed by atoms with E-state index in [0.29, 0.717) is 28.2 Å². The molecule has 0 radical (unpaired) electrons. The first-order chi connectivity index (χ1) is 13.2. The van der Waals surface area contributed by atoms with Gasteiger partial charge in [-0.15, -0.1) is 0 Å². The van der Waals surface area contributed by atoms with E-state index in [1.165, 1.54) is 0 Å². The second-order valence-corrected chi connectivity index (χ2v) is 6.53. The molecule has 4 nitrogen and oxygen atoms in total. The van der Waals surface area contributed by atoms with Crippen LogP contribution in [0.25, 0.3) is 0 Å². The van der Waals surface area contributed by atoms with E-state index in [1.54, 1.807) is 19.4 Å². The summed E-state index contributed by atoms with van der Waals surface area (Å²) in [6.07, 6.45) is 1.67. The lowest BCUT2D eigenvalue weighted by Gasteiger charge is -2.13. The van der Waals surface area contributed by atoms with Crippen molar-refractivity contribution >= 4 is 35.1 Å². The van der Waals surface area contributed by atoms with Crippen molar-refractivity contribution in [2.24, 2.45) is 5.10 Å². The summed E-state index contributed by atoms with van der Waals surface area (Å²) in [5.41, 5.74) is 5.63. The zero-order chi connectivity index (χ0) is 19.1. The van der Waals surface area contributed by atoms with Gasteiger partial charge in [-0.3, -0.25) is 5.43 Å². The first-order valence-corrected chi connectivity index (χ1v) is 9.00. The highest BCUT2D eigenvalue weighted by molar-refractivity contribution is 6.32. The second kappa shape index (κ2) is 9.31. The van der Waals surface area contributed by atoms with Gasteiger partial charge in [-0.1, -0.05) is 53.5 Å². The minimum absolute atomic E-state index is 0.357. The molecule has 0 unspecified atom stereocenters. The Morgan fingerprint density at radius 2 is 1.74 bits per heavy atom. The highest BCUT2D eigenvalue weighted by atomic mass is 35.5. The van der Waals surface area contributed by atoms with Gasteiger partial charge >= 0.3 is 0 Å². The number of ether oxygens (including phenoxy) is 2. The lowest BCUT2D eigenvalue weighted by molar-refractivity contribution is 0.284. The molecule has 0 aliphatic rings. The number of benzene rings is 3. The summed E-state index contributed by atoms with van der Waals surface area (Å²) in [5.74, 6) is 1.03. The maximum absolute atomic E-state index is 6.39. The molecular formula is C21H18Cl2N2O2. The Balaban J connectivity index is 1.71. The van der Waals surface area contributed by atoms with Crippen molar-refractivity contribution in [2.45, 2.75) is 6.61 Å². The molecular weight excluding hydrogens is 383 g/mol. The molecule has 3 aromatic carbocycles. The molecule has 0 aliphatic carbocycles. The molecule has 3 aromatic rings. The van der Waals surface area contributed by atoms with E-state index in [0.717, 1.165) is 16.8 Å². The van der Waals surface area contributed by atoms with Gasteiger partial charge in [0.1, 0.15) is 6.61 Å². The van der Waals surface area contributed by atoms with Crippen molar-refractivity contribution in [1.29, 1.82) is 0 Å². The van der Waals surface area contributed by atoms with Crippen LogP contribution in [0.5, 0.6) is 11.5 Å².